The number of rotatable bonds is 0. The Kier molecular flexibility index (Phi) is 1.89. The molecule has 1 unspecified atom stereocenters. The number of allylic oxidation sites excluding steroid dienone is 6. The van der Waals surface area contributed by atoms with E-state index in [1.54, 1.807) is 0 Å². The molecule has 0 amide bonds. The van der Waals surface area contributed by atoms with E-state index in [-0.39, 0.29) is 5.41 Å². The van der Waals surface area contributed by atoms with Gasteiger partial charge in [-0.15, -0.1) is 0 Å². The average Bonchev–Trinajstić information content (AvgIpc) is 2.52. The number of benzene rings is 2. The van der Waals surface area contributed by atoms with E-state index in [1.807, 2.05) is 6.07 Å². The topological polar surface area (TPSA) is 20.2 Å². The van der Waals surface area contributed by atoms with Crippen LogP contribution in [0.4, 0.5) is 0 Å². The zero-order chi connectivity index (χ0) is 14.0. The highest BCUT2D eigenvalue weighted by atomic mass is 16.3. The summed E-state index contributed by atoms with van der Waals surface area (Å²) in [5.41, 5.74) is 4.71. The van der Waals surface area contributed by atoms with Gasteiger partial charge in [0.05, 0.1) is 0 Å². The van der Waals surface area contributed by atoms with Crippen LogP contribution in [0.25, 0.3) is 22.9 Å². The van der Waals surface area contributed by atoms with Crippen LogP contribution in [0.3, 0.4) is 0 Å². The minimum absolute atomic E-state index is 0.107. The monoisotopic (exact) mass is 270 g/mol. The van der Waals surface area contributed by atoms with Gasteiger partial charge in [0.1, 0.15) is 5.75 Å². The fourth-order valence-corrected chi connectivity index (χ4v) is 4.05. The fraction of sp³-hybridized carbons (Fsp3) is 0.100. The molecule has 100 valence electrons. The number of phenolic OH excluding ortho intramolecular Hbond substituents is 1. The Morgan fingerprint density at radius 3 is 3.00 bits per heavy atom. The molecular weight excluding hydrogens is 256 g/mol. The van der Waals surface area contributed by atoms with Gasteiger partial charge in [0.25, 0.3) is 0 Å². The van der Waals surface area contributed by atoms with Crippen LogP contribution in [0.1, 0.15) is 23.1 Å². The summed E-state index contributed by atoms with van der Waals surface area (Å²) >= 11 is 0. The van der Waals surface area contributed by atoms with E-state index in [1.165, 1.54) is 22.1 Å². The Bertz CT molecular complexity index is 924. The number of hydrogen-bond acceptors (Lipinski definition) is 1. The van der Waals surface area contributed by atoms with E-state index in [0.717, 1.165) is 17.4 Å². The first kappa shape index (κ1) is 11.2. The first-order valence-corrected chi connectivity index (χ1v) is 7.33. The SMILES string of the molecule is Oc1cc2cccc3c2c2c1C=CC1=CC=CCC12C=C3. The van der Waals surface area contributed by atoms with Gasteiger partial charge in [-0.1, -0.05) is 60.7 Å². The van der Waals surface area contributed by atoms with Crippen molar-refractivity contribution in [2.24, 2.45) is 0 Å². The van der Waals surface area contributed by atoms with Crippen molar-refractivity contribution in [2.75, 3.05) is 0 Å². The van der Waals surface area contributed by atoms with Gasteiger partial charge in [0.15, 0.2) is 0 Å². The van der Waals surface area contributed by atoms with Crippen LogP contribution in [-0.4, -0.2) is 5.11 Å². The maximum atomic E-state index is 10.5. The summed E-state index contributed by atoms with van der Waals surface area (Å²) in [6.07, 6.45) is 16.3. The molecule has 0 heterocycles. The van der Waals surface area contributed by atoms with Gasteiger partial charge in [-0.05, 0) is 40.0 Å². The van der Waals surface area contributed by atoms with Crippen molar-refractivity contribution in [3.05, 3.63) is 76.9 Å². The Labute approximate surface area is 123 Å². The van der Waals surface area contributed by atoms with Crippen LogP contribution in [0, 0.1) is 0 Å². The lowest BCUT2D eigenvalue weighted by Gasteiger charge is -2.41. The van der Waals surface area contributed by atoms with Gasteiger partial charge in [-0.2, -0.15) is 0 Å². The summed E-state index contributed by atoms with van der Waals surface area (Å²) in [6.45, 7) is 0. The van der Waals surface area contributed by atoms with Crippen LogP contribution in [0.5, 0.6) is 5.75 Å². The largest absolute Gasteiger partial charge is 0.507 e. The molecule has 3 aliphatic carbocycles. The second kappa shape index (κ2) is 3.56. The molecule has 1 atom stereocenters. The Hall–Kier alpha value is -2.54. The summed E-state index contributed by atoms with van der Waals surface area (Å²) in [5, 5.41) is 12.9. The second-order valence-electron chi connectivity index (χ2n) is 6.02. The van der Waals surface area contributed by atoms with Gasteiger partial charge in [0.2, 0.25) is 0 Å². The first-order chi connectivity index (χ1) is 10.3. The molecule has 0 aromatic heterocycles. The maximum Gasteiger partial charge on any atom is 0.123 e. The molecule has 1 N–H and O–H groups in total. The zero-order valence-electron chi connectivity index (χ0n) is 11.5. The van der Waals surface area contributed by atoms with E-state index >= 15 is 0 Å². The number of phenols is 1. The molecule has 3 aliphatic rings. The van der Waals surface area contributed by atoms with Crippen LogP contribution < -0.4 is 0 Å². The van der Waals surface area contributed by atoms with E-state index in [0.29, 0.717) is 5.75 Å². The third-order valence-corrected chi connectivity index (χ3v) is 5.01. The standard InChI is InChI=1S/C20H14O/c21-17-12-14-5-3-4-13-9-11-20-10-2-1-6-15(20)7-8-16(17)19(20)18(13)14/h1-9,11-12,21H,10H2. The number of hydrogen-bond donors (Lipinski definition) is 1. The number of aromatic hydroxyl groups is 1. The van der Waals surface area contributed by atoms with Crippen molar-refractivity contribution in [1.29, 1.82) is 0 Å². The molecule has 0 saturated carbocycles. The molecule has 0 radical (unpaired) electrons. The quantitative estimate of drug-likeness (QED) is 0.734. The summed E-state index contributed by atoms with van der Waals surface area (Å²) in [6, 6.07) is 8.19. The molecule has 0 bridgehead atoms. The summed E-state index contributed by atoms with van der Waals surface area (Å²) in [4.78, 5) is 0. The third-order valence-electron chi connectivity index (χ3n) is 5.01. The van der Waals surface area contributed by atoms with Gasteiger partial charge in [0, 0.05) is 11.0 Å². The molecule has 1 heteroatoms. The summed E-state index contributed by atoms with van der Waals surface area (Å²) < 4.78 is 0. The maximum absolute atomic E-state index is 10.5. The van der Waals surface area contributed by atoms with Crippen molar-refractivity contribution >= 4 is 22.9 Å². The molecule has 2 aromatic carbocycles. The highest BCUT2D eigenvalue weighted by molar-refractivity contribution is 6.02. The lowest BCUT2D eigenvalue weighted by atomic mass is 9.62. The molecule has 1 spiro atoms. The van der Waals surface area contributed by atoms with E-state index in [4.69, 9.17) is 0 Å². The minimum atomic E-state index is -0.107. The van der Waals surface area contributed by atoms with Crippen LogP contribution in [-0.2, 0) is 5.41 Å². The normalized spacial score (nSPS) is 24.1. The van der Waals surface area contributed by atoms with E-state index in [2.05, 4.69) is 60.7 Å². The van der Waals surface area contributed by atoms with Crippen molar-refractivity contribution < 1.29 is 5.11 Å². The van der Waals surface area contributed by atoms with Gasteiger partial charge < -0.3 is 5.11 Å². The molecule has 0 fully saturated rings. The highest BCUT2D eigenvalue weighted by Crippen LogP contribution is 2.53. The van der Waals surface area contributed by atoms with E-state index < -0.39 is 0 Å². The molecule has 0 saturated heterocycles. The van der Waals surface area contributed by atoms with Gasteiger partial charge in [-0.3, -0.25) is 0 Å². The molecule has 5 rings (SSSR count). The Morgan fingerprint density at radius 1 is 1.10 bits per heavy atom. The molecule has 21 heavy (non-hydrogen) atoms. The van der Waals surface area contributed by atoms with Crippen LogP contribution in [0.15, 0.2) is 60.2 Å². The summed E-state index contributed by atoms with van der Waals surface area (Å²) in [5.74, 6) is 0.383. The van der Waals surface area contributed by atoms with Gasteiger partial charge in [-0.25, -0.2) is 0 Å². The Morgan fingerprint density at radius 2 is 2.05 bits per heavy atom. The minimum Gasteiger partial charge on any atom is -0.507 e. The Balaban J connectivity index is 2.04. The predicted octanol–water partition coefficient (Wildman–Crippen LogP) is 4.72. The first-order valence-electron chi connectivity index (χ1n) is 7.33. The van der Waals surface area contributed by atoms with Crippen molar-refractivity contribution in [3.8, 4) is 5.75 Å². The smallest absolute Gasteiger partial charge is 0.123 e. The van der Waals surface area contributed by atoms with Crippen LogP contribution in [0.2, 0.25) is 0 Å². The van der Waals surface area contributed by atoms with Crippen molar-refractivity contribution in [1.82, 2.24) is 0 Å². The second-order valence-corrected chi connectivity index (χ2v) is 6.02. The molecule has 0 aliphatic heterocycles. The lowest BCUT2D eigenvalue weighted by Crippen LogP contribution is -2.31. The lowest BCUT2D eigenvalue weighted by molar-refractivity contribution is 0.471. The van der Waals surface area contributed by atoms with Gasteiger partial charge >= 0.3 is 0 Å². The fourth-order valence-electron chi connectivity index (χ4n) is 4.05. The highest BCUT2D eigenvalue weighted by Gasteiger charge is 2.40. The van der Waals surface area contributed by atoms with Crippen molar-refractivity contribution in [2.45, 2.75) is 11.8 Å². The molecule has 2 aromatic rings. The molecular formula is C20H14O. The molecule has 1 nitrogen and oxygen atoms in total. The van der Waals surface area contributed by atoms with Crippen molar-refractivity contribution in [3.63, 3.8) is 0 Å². The predicted molar refractivity (Wildman–Crippen MR) is 87.2 cm³/mol. The summed E-state index contributed by atoms with van der Waals surface area (Å²) in [7, 11) is 0. The van der Waals surface area contributed by atoms with E-state index in [9.17, 15) is 5.11 Å². The average molecular weight is 270 g/mol. The third kappa shape index (κ3) is 1.22. The zero-order valence-corrected chi connectivity index (χ0v) is 11.5. The van der Waals surface area contributed by atoms with Crippen LogP contribution >= 0.6 is 0 Å².